The van der Waals surface area contributed by atoms with Crippen molar-refractivity contribution in [3.63, 3.8) is 0 Å². The van der Waals surface area contributed by atoms with Gasteiger partial charge in [-0.3, -0.25) is 4.79 Å². The summed E-state index contributed by atoms with van der Waals surface area (Å²) in [6.45, 7) is 1.96. The van der Waals surface area contributed by atoms with Gasteiger partial charge in [-0.15, -0.1) is 5.92 Å². The Balaban J connectivity index is 3.06. The number of aromatic nitrogens is 1. The predicted molar refractivity (Wildman–Crippen MR) is 51.1 cm³/mol. The third-order valence-corrected chi connectivity index (χ3v) is 1.67. The third kappa shape index (κ3) is 2.23. The van der Waals surface area contributed by atoms with Gasteiger partial charge in [-0.2, -0.15) is 0 Å². The number of carboxylic acids is 1. The number of rotatable bonds is 2. The van der Waals surface area contributed by atoms with Gasteiger partial charge < -0.3 is 9.67 Å². The molecule has 0 bridgehead atoms. The van der Waals surface area contributed by atoms with E-state index in [2.05, 4.69) is 11.8 Å². The Morgan fingerprint density at radius 3 is 2.86 bits per heavy atom. The number of carbonyl (C=O) groups is 1. The first-order valence-corrected chi connectivity index (χ1v) is 3.98. The molecule has 1 N–H and O–H groups in total. The molecule has 72 valence electrons. The molecule has 1 aromatic rings. The average molecular weight is 191 g/mol. The minimum Gasteiger partial charge on any atom is -0.478 e. The van der Waals surface area contributed by atoms with Crippen molar-refractivity contribution in [1.29, 1.82) is 0 Å². The first-order valence-electron chi connectivity index (χ1n) is 3.98. The molecule has 1 rings (SSSR count). The second kappa shape index (κ2) is 4.28. The molecule has 0 radical (unpaired) electrons. The van der Waals surface area contributed by atoms with Crippen LogP contribution in [-0.2, 0) is 6.54 Å². The summed E-state index contributed by atoms with van der Waals surface area (Å²) >= 11 is 0. The molecule has 1 aromatic heterocycles. The number of nitrogens with zero attached hydrogens (tertiary/aromatic N) is 1. The van der Waals surface area contributed by atoms with Crippen molar-refractivity contribution in [2.45, 2.75) is 13.5 Å². The second-order valence-electron chi connectivity index (χ2n) is 2.61. The smallest absolute Gasteiger partial charge is 0.335 e. The largest absolute Gasteiger partial charge is 0.478 e. The predicted octanol–water partition coefficient (Wildman–Crippen LogP) is 0.570. The summed E-state index contributed by atoms with van der Waals surface area (Å²) in [5, 5.41) is 8.60. The summed E-state index contributed by atoms with van der Waals surface area (Å²) in [5.41, 5.74) is -0.358. The van der Waals surface area contributed by atoms with E-state index < -0.39 is 5.97 Å². The number of hydrogen-bond donors (Lipinski definition) is 1. The van der Waals surface area contributed by atoms with E-state index in [1.165, 1.54) is 16.8 Å². The van der Waals surface area contributed by atoms with Gasteiger partial charge >= 0.3 is 5.97 Å². The molecular formula is C10H9NO3. The van der Waals surface area contributed by atoms with Crippen LogP contribution in [0, 0.1) is 11.8 Å². The fourth-order valence-corrected chi connectivity index (χ4v) is 0.936. The van der Waals surface area contributed by atoms with Crippen LogP contribution in [0.1, 0.15) is 17.3 Å². The summed E-state index contributed by atoms with van der Waals surface area (Å²) in [4.78, 5) is 21.8. The quantitative estimate of drug-likeness (QED) is 0.695. The van der Waals surface area contributed by atoms with E-state index in [0.717, 1.165) is 6.07 Å². The first kappa shape index (κ1) is 10.1. The maximum Gasteiger partial charge on any atom is 0.335 e. The maximum atomic E-state index is 11.3. The molecule has 1 heterocycles. The lowest BCUT2D eigenvalue weighted by molar-refractivity contribution is 0.0696. The van der Waals surface area contributed by atoms with Gasteiger partial charge in [0.2, 0.25) is 0 Å². The van der Waals surface area contributed by atoms with Crippen LogP contribution in [0.25, 0.3) is 0 Å². The van der Waals surface area contributed by atoms with Crippen molar-refractivity contribution < 1.29 is 9.90 Å². The number of carboxylic acid groups (broad SMARTS) is 1. The monoisotopic (exact) mass is 191 g/mol. The first-order chi connectivity index (χ1) is 6.65. The van der Waals surface area contributed by atoms with Crippen LogP contribution in [0.2, 0.25) is 0 Å². The lowest BCUT2D eigenvalue weighted by Gasteiger charge is -1.99. The molecule has 0 amide bonds. The summed E-state index contributed by atoms with van der Waals surface area (Å²) < 4.78 is 1.35. The zero-order valence-electron chi connectivity index (χ0n) is 7.65. The van der Waals surface area contributed by atoms with Gasteiger partial charge in [-0.05, 0) is 13.0 Å². The Hall–Kier alpha value is -2.02. The highest BCUT2D eigenvalue weighted by molar-refractivity contribution is 5.87. The fourth-order valence-electron chi connectivity index (χ4n) is 0.936. The van der Waals surface area contributed by atoms with E-state index in [0.29, 0.717) is 0 Å². The van der Waals surface area contributed by atoms with Crippen molar-refractivity contribution in [2.75, 3.05) is 0 Å². The summed E-state index contributed by atoms with van der Waals surface area (Å²) in [6.07, 6.45) is 1.43. The molecule has 14 heavy (non-hydrogen) atoms. The van der Waals surface area contributed by atoms with Crippen molar-refractivity contribution in [3.05, 3.63) is 34.2 Å². The Morgan fingerprint density at radius 2 is 2.36 bits per heavy atom. The molecule has 0 fully saturated rings. The van der Waals surface area contributed by atoms with E-state index >= 15 is 0 Å². The van der Waals surface area contributed by atoms with Gasteiger partial charge in [0.15, 0.2) is 0 Å². The van der Waals surface area contributed by atoms with Crippen LogP contribution in [0.5, 0.6) is 0 Å². The van der Waals surface area contributed by atoms with Crippen LogP contribution in [0.3, 0.4) is 0 Å². The van der Waals surface area contributed by atoms with Gasteiger partial charge in [0.25, 0.3) is 5.56 Å². The Bertz CT molecular complexity index is 462. The normalized spacial score (nSPS) is 8.93. The highest BCUT2D eigenvalue weighted by Crippen LogP contribution is 1.93. The van der Waals surface area contributed by atoms with E-state index in [1.807, 2.05) is 0 Å². The molecular weight excluding hydrogens is 182 g/mol. The Morgan fingerprint density at radius 1 is 1.64 bits per heavy atom. The Labute approximate surface area is 80.8 Å². The highest BCUT2D eigenvalue weighted by atomic mass is 16.4. The van der Waals surface area contributed by atoms with Gasteiger partial charge in [-0.25, -0.2) is 4.79 Å². The van der Waals surface area contributed by atoms with Crippen LogP contribution >= 0.6 is 0 Å². The van der Waals surface area contributed by atoms with Crippen LogP contribution < -0.4 is 5.56 Å². The number of pyridine rings is 1. The molecule has 0 saturated carbocycles. The topological polar surface area (TPSA) is 59.3 Å². The minimum atomic E-state index is -1.10. The summed E-state index contributed by atoms with van der Waals surface area (Å²) in [6, 6.07) is 2.46. The molecule has 4 heteroatoms. The van der Waals surface area contributed by atoms with Crippen molar-refractivity contribution >= 4 is 5.97 Å². The van der Waals surface area contributed by atoms with Crippen molar-refractivity contribution in [1.82, 2.24) is 4.57 Å². The zero-order valence-corrected chi connectivity index (χ0v) is 7.65. The van der Waals surface area contributed by atoms with E-state index in [-0.39, 0.29) is 17.7 Å². The van der Waals surface area contributed by atoms with Crippen molar-refractivity contribution in [2.24, 2.45) is 0 Å². The van der Waals surface area contributed by atoms with Crippen molar-refractivity contribution in [3.8, 4) is 11.8 Å². The molecule has 0 aromatic carbocycles. The second-order valence-corrected chi connectivity index (χ2v) is 2.61. The standard InChI is InChI=1S/C10H9NO3/c1-2-3-5-11-6-4-8(10(13)14)7-9(11)12/h4,6-7H,5H2,1H3,(H,13,14). The molecule has 0 atom stereocenters. The van der Waals surface area contributed by atoms with E-state index in [9.17, 15) is 9.59 Å². The van der Waals surface area contributed by atoms with Crippen LogP contribution in [0.4, 0.5) is 0 Å². The van der Waals surface area contributed by atoms with Gasteiger partial charge in [-0.1, -0.05) is 5.92 Å². The summed E-state index contributed by atoms with van der Waals surface area (Å²) in [5.74, 6) is 4.27. The van der Waals surface area contributed by atoms with Gasteiger partial charge in [0.05, 0.1) is 12.1 Å². The van der Waals surface area contributed by atoms with Crippen LogP contribution in [0.15, 0.2) is 23.1 Å². The molecule has 0 unspecified atom stereocenters. The number of hydrogen-bond acceptors (Lipinski definition) is 2. The Kier molecular flexibility index (Phi) is 3.08. The number of aromatic carboxylic acids is 1. The molecule has 0 aliphatic rings. The fraction of sp³-hybridized carbons (Fsp3) is 0.200. The van der Waals surface area contributed by atoms with E-state index in [1.54, 1.807) is 6.92 Å². The highest BCUT2D eigenvalue weighted by Gasteiger charge is 2.03. The maximum absolute atomic E-state index is 11.3. The molecule has 0 saturated heterocycles. The lowest BCUT2D eigenvalue weighted by Crippen LogP contribution is -2.19. The zero-order chi connectivity index (χ0) is 10.6. The molecule has 0 aliphatic carbocycles. The molecule has 0 aliphatic heterocycles. The molecule has 0 spiro atoms. The molecule has 4 nitrogen and oxygen atoms in total. The third-order valence-electron chi connectivity index (χ3n) is 1.67. The minimum absolute atomic E-state index is 0.00397. The van der Waals surface area contributed by atoms with E-state index in [4.69, 9.17) is 5.11 Å². The van der Waals surface area contributed by atoms with Gasteiger partial charge in [0, 0.05) is 12.3 Å². The SMILES string of the molecule is CC#CCn1ccc(C(=O)O)cc1=O. The lowest BCUT2D eigenvalue weighted by atomic mass is 10.3. The van der Waals surface area contributed by atoms with Crippen LogP contribution in [-0.4, -0.2) is 15.6 Å². The summed E-state index contributed by atoms with van der Waals surface area (Å²) in [7, 11) is 0. The average Bonchev–Trinajstić information content (AvgIpc) is 2.15. The van der Waals surface area contributed by atoms with Gasteiger partial charge in [0.1, 0.15) is 0 Å².